The fraction of sp³-hybridized carbons (Fsp3) is 0.545. The average Bonchev–Trinajstić information content (AvgIpc) is 2.80. The molecule has 5 heteroatoms. The zero-order valence-electron chi connectivity index (χ0n) is 9.06. The number of hydrogen-bond acceptors (Lipinski definition) is 3. The van der Waals surface area contributed by atoms with Crippen LogP contribution in [-0.2, 0) is 9.53 Å². The standard InChI is InChI=1S/C11H16N2O3/c14-11(15)9(10-2-1-3-12-10)8-13-4-6-16-7-5-13/h1-3,9,12H,4-8H2,(H,14,15). The van der Waals surface area contributed by atoms with Gasteiger partial charge in [0.25, 0.3) is 0 Å². The van der Waals surface area contributed by atoms with Gasteiger partial charge in [0.2, 0.25) is 0 Å². The number of H-pyrrole nitrogens is 1. The van der Waals surface area contributed by atoms with Gasteiger partial charge < -0.3 is 14.8 Å². The van der Waals surface area contributed by atoms with Crippen molar-refractivity contribution in [2.75, 3.05) is 32.8 Å². The Kier molecular flexibility index (Phi) is 3.58. The number of aromatic amines is 1. The van der Waals surface area contributed by atoms with E-state index in [0.717, 1.165) is 18.8 Å². The van der Waals surface area contributed by atoms with Crippen molar-refractivity contribution < 1.29 is 14.6 Å². The van der Waals surface area contributed by atoms with Gasteiger partial charge in [0.15, 0.2) is 0 Å². The molecule has 2 rings (SSSR count). The smallest absolute Gasteiger partial charge is 0.313 e. The Hall–Kier alpha value is -1.33. The minimum absolute atomic E-state index is 0.479. The van der Waals surface area contributed by atoms with Crippen molar-refractivity contribution in [1.29, 1.82) is 0 Å². The Morgan fingerprint density at radius 3 is 2.88 bits per heavy atom. The average molecular weight is 224 g/mol. The monoisotopic (exact) mass is 224 g/mol. The van der Waals surface area contributed by atoms with Crippen molar-refractivity contribution in [3.63, 3.8) is 0 Å². The summed E-state index contributed by atoms with van der Waals surface area (Å²) < 4.78 is 5.24. The molecule has 1 aromatic rings. The van der Waals surface area contributed by atoms with Crippen molar-refractivity contribution >= 4 is 5.97 Å². The summed E-state index contributed by atoms with van der Waals surface area (Å²) in [5.74, 6) is -1.26. The molecule has 0 aromatic carbocycles. The van der Waals surface area contributed by atoms with Gasteiger partial charge in [-0.2, -0.15) is 0 Å². The number of hydrogen-bond donors (Lipinski definition) is 2. The third kappa shape index (κ3) is 2.62. The van der Waals surface area contributed by atoms with Crippen LogP contribution in [0.5, 0.6) is 0 Å². The predicted octanol–water partition coefficient (Wildman–Crippen LogP) is 0.515. The minimum Gasteiger partial charge on any atom is -0.481 e. The molecule has 88 valence electrons. The van der Waals surface area contributed by atoms with Crippen LogP contribution >= 0.6 is 0 Å². The van der Waals surface area contributed by atoms with Gasteiger partial charge in [-0.1, -0.05) is 0 Å². The molecule has 0 radical (unpaired) electrons. The van der Waals surface area contributed by atoms with Crippen LogP contribution in [0.1, 0.15) is 11.6 Å². The van der Waals surface area contributed by atoms with Gasteiger partial charge in [-0.25, -0.2) is 0 Å². The summed E-state index contributed by atoms with van der Waals surface area (Å²) in [5, 5.41) is 9.20. The van der Waals surface area contributed by atoms with Crippen molar-refractivity contribution in [3.05, 3.63) is 24.0 Å². The van der Waals surface area contributed by atoms with Gasteiger partial charge in [0.1, 0.15) is 5.92 Å². The third-order valence-corrected chi connectivity index (χ3v) is 2.84. The lowest BCUT2D eigenvalue weighted by atomic mass is 10.1. The first-order chi connectivity index (χ1) is 7.77. The van der Waals surface area contributed by atoms with E-state index in [4.69, 9.17) is 4.74 Å². The Morgan fingerprint density at radius 2 is 2.31 bits per heavy atom. The van der Waals surface area contributed by atoms with Crippen LogP contribution < -0.4 is 0 Å². The Labute approximate surface area is 94.0 Å². The largest absolute Gasteiger partial charge is 0.481 e. The van der Waals surface area contributed by atoms with Crippen molar-refractivity contribution in [3.8, 4) is 0 Å². The number of aliphatic carboxylic acids is 1. The van der Waals surface area contributed by atoms with Crippen molar-refractivity contribution in [2.24, 2.45) is 0 Å². The topological polar surface area (TPSA) is 65.6 Å². The number of carboxylic acids is 1. The minimum atomic E-state index is -0.783. The molecule has 16 heavy (non-hydrogen) atoms. The first-order valence-electron chi connectivity index (χ1n) is 5.43. The second-order valence-corrected chi connectivity index (χ2v) is 3.93. The molecule has 2 N–H and O–H groups in total. The number of carboxylic acid groups (broad SMARTS) is 1. The fourth-order valence-corrected chi connectivity index (χ4v) is 1.91. The normalized spacial score (nSPS) is 19.5. The van der Waals surface area contributed by atoms with Crippen LogP contribution in [0.25, 0.3) is 0 Å². The van der Waals surface area contributed by atoms with Crippen LogP contribution in [0.15, 0.2) is 18.3 Å². The number of nitrogens with one attached hydrogen (secondary N) is 1. The second kappa shape index (κ2) is 5.14. The fourth-order valence-electron chi connectivity index (χ4n) is 1.91. The molecule has 1 aliphatic rings. The highest BCUT2D eigenvalue weighted by atomic mass is 16.5. The van der Waals surface area contributed by atoms with Crippen LogP contribution in [0, 0.1) is 0 Å². The quantitative estimate of drug-likeness (QED) is 0.782. The molecule has 1 aliphatic heterocycles. The summed E-state index contributed by atoms with van der Waals surface area (Å²) in [6, 6.07) is 3.64. The van der Waals surface area contributed by atoms with E-state index in [2.05, 4.69) is 9.88 Å². The number of rotatable bonds is 4. The molecular formula is C11H16N2O3. The van der Waals surface area contributed by atoms with Crippen LogP contribution in [-0.4, -0.2) is 53.8 Å². The lowest BCUT2D eigenvalue weighted by molar-refractivity contribution is -0.139. The second-order valence-electron chi connectivity index (χ2n) is 3.93. The van der Waals surface area contributed by atoms with Crippen molar-refractivity contribution in [1.82, 2.24) is 9.88 Å². The van der Waals surface area contributed by atoms with Gasteiger partial charge in [0.05, 0.1) is 13.2 Å². The number of ether oxygens (including phenoxy) is 1. The lowest BCUT2D eigenvalue weighted by Crippen LogP contribution is -2.40. The van der Waals surface area contributed by atoms with Crippen LogP contribution in [0.4, 0.5) is 0 Å². The first kappa shape index (κ1) is 11.2. The molecular weight excluding hydrogens is 208 g/mol. The Bertz CT molecular complexity index is 331. The molecule has 0 amide bonds. The van der Waals surface area contributed by atoms with E-state index in [1.807, 2.05) is 12.1 Å². The molecule has 0 aliphatic carbocycles. The van der Waals surface area contributed by atoms with E-state index in [0.29, 0.717) is 19.8 Å². The van der Waals surface area contributed by atoms with Gasteiger partial charge in [-0.05, 0) is 12.1 Å². The SMILES string of the molecule is O=C(O)C(CN1CCOCC1)c1ccc[nH]1. The first-order valence-corrected chi connectivity index (χ1v) is 5.43. The lowest BCUT2D eigenvalue weighted by Gasteiger charge is -2.28. The molecule has 0 spiro atoms. The van der Waals surface area contributed by atoms with E-state index in [1.54, 1.807) is 6.20 Å². The zero-order valence-corrected chi connectivity index (χ0v) is 9.06. The highest BCUT2D eigenvalue weighted by Crippen LogP contribution is 2.16. The zero-order chi connectivity index (χ0) is 11.4. The third-order valence-electron chi connectivity index (χ3n) is 2.84. The predicted molar refractivity (Wildman–Crippen MR) is 58.4 cm³/mol. The Morgan fingerprint density at radius 1 is 1.56 bits per heavy atom. The molecule has 5 nitrogen and oxygen atoms in total. The summed E-state index contributed by atoms with van der Waals surface area (Å²) >= 11 is 0. The molecule has 0 bridgehead atoms. The molecule has 2 heterocycles. The van der Waals surface area contributed by atoms with E-state index in [1.165, 1.54) is 0 Å². The van der Waals surface area contributed by atoms with E-state index >= 15 is 0 Å². The summed E-state index contributed by atoms with van der Waals surface area (Å²) in [7, 11) is 0. The van der Waals surface area contributed by atoms with Crippen molar-refractivity contribution in [2.45, 2.75) is 5.92 Å². The Balaban J connectivity index is 2.00. The maximum Gasteiger partial charge on any atom is 0.313 e. The van der Waals surface area contributed by atoms with Gasteiger partial charge in [-0.15, -0.1) is 0 Å². The molecule has 1 aromatic heterocycles. The summed E-state index contributed by atoms with van der Waals surface area (Å²) in [5.41, 5.74) is 0.763. The van der Waals surface area contributed by atoms with Gasteiger partial charge in [0, 0.05) is 31.5 Å². The summed E-state index contributed by atoms with van der Waals surface area (Å²) in [4.78, 5) is 16.3. The molecule has 1 unspecified atom stereocenters. The highest BCUT2D eigenvalue weighted by molar-refractivity contribution is 5.75. The van der Waals surface area contributed by atoms with Crippen LogP contribution in [0.3, 0.4) is 0 Å². The molecule has 1 saturated heterocycles. The number of carbonyl (C=O) groups is 1. The summed E-state index contributed by atoms with van der Waals surface area (Å²) in [6.07, 6.45) is 1.75. The maximum atomic E-state index is 11.2. The number of morpholine rings is 1. The molecule has 0 saturated carbocycles. The maximum absolute atomic E-state index is 11.2. The number of aromatic nitrogens is 1. The van der Waals surface area contributed by atoms with Gasteiger partial charge >= 0.3 is 5.97 Å². The van der Waals surface area contributed by atoms with E-state index in [-0.39, 0.29) is 0 Å². The molecule has 1 atom stereocenters. The van der Waals surface area contributed by atoms with E-state index in [9.17, 15) is 9.90 Å². The molecule has 1 fully saturated rings. The summed E-state index contributed by atoms with van der Waals surface area (Å²) in [6.45, 7) is 3.54. The van der Waals surface area contributed by atoms with Gasteiger partial charge in [-0.3, -0.25) is 9.69 Å². The van der Waals surface area contributed by atoms with Crippen LogP contribution in [0.2, 0.25) is 0 Å². The highest BCUT2D eigenvalue weighted by Gasteiger charge is 2.24. The number of nitrogens with zero attached hydrogens (tertiary/aromatic N) is 1. The van der Waals surface area contributed by atoms with E-state index < -0.39 is 11.9 Å².